The zero-order valence-electron chi connectivity index (χ0n) is 14.6. The summed E-state index contributed by atoms with van der Waals surface area (Å²) in [6.07, 6.45) is 0.860. The van der Waals surface area contributed by atoms with Gasteiger partial charge in [-0.05, 0) is 69.2 Å². The van der Waals surface area contributed by atoms with Crippen LogP contribution in [0.4, 0.5) is 5.69 Å². The van der Waals surface area contributed by atoms with Gasteiger partial charge in [0.15, 0.2) is 5.11 Å². The highest BCUT2D eigenvalue weighted by molar-refractivity contribution is 7.80. The maximum atomic E-state index is 6.14. The molecule has 0 radical (unpaired) electrons. The standard InChI is InChI=1S/C20H24N2OS/c1-13-6-5-7-15(10-13)21-19(24)22-17-12-20(3,4)23-18-11-14(2)8-9-16(17)18/h5-11,17H,12H2,1-4H3,(H2,21,22,24)/t17-/m1/s1. The highest BCUT2D eigenvalue weighted by atomic mass is 32.1. The molecule has 0 spiro atoms. The van der Waals surface area contributed by atoms with Gasteiger partial charge >= 0.3 is 0 Å². The van der Waals surface area contributed by atoms with E-state index in [0.717, 1.165) is 23.4 Å². The first-order valence-electron chi connectivity index (χ1n) is 8.26. The number of fused-ring (bicyclic) bond motifs is 1. The Hall–Kier alpha value is -2.07. The normalized spacial score (nSPS) is 18.2. The molecule has 1 heterocycles. The molecule has 0 unspecified atom stereocenters. The van der Waals surface area contributed by atoms with Gasteiger partial charge in [0.05, 0.1) is 6.04 Å². The Kier molecular flexibility index (Phi) is 4.50. The fraction of sp³-hybridized carbons (Fsp3) is 0.350. The van der Waals surface area contributed by atoms with Crippen LogP contribution in [-0.4, -0.2) is 10.7 Å². The topological polar surface area (TPSA) is 33.3 Å². The van der Waals surface area contributed by atoms with Gasteiger partial charge in [0.2, 0.25) is 0 Å². The summed E-state index contributed by atoms with van der Waals surface area (Å²) in [5.41, 5.74) is 4.34. The lowest BCUT2D eigenvalue weighted by Gasteiger charge is -2.38. The van der Waals surface area contributed by atoms with E-state index < -0.39 is 0 Å². The predicted octanol–water partition coefficient (Wildman–Crippen LogP) is 4.89. The third-order valence-corrected chi connectivity index (χ3v) is 4.43. The summed E-state index contributed by atoms with van der Waals surface area (Å²) in [5.74, 6) is 0.946. The van der Waals surface area contributed by atoms with E-state index in [1.165, 1.54) is 11.1 Å². The van der Waals surface area contributed by atoms with Crippen molar-refractivity contribution in [2.45, 2.75) is 45.8 Å². The van der Waals surface area contributed by atoms with Gasteiger partial charge < -0.3 is 15.4 Å². The number of hydrogen-bond donors (Lipinski definition) is 2. The number of ether oxygens (including phenoxy) is 1. The molecule has 3 nitrogen and oxygen atoms in total. The van der Waals surface area contributed by atoms with Crippen molar-refractivity contribution in [3.05, 3.63) is 59.2 Å². The molecule has 126 valence electrons. The first-order valence-corrected chi connectivity index (χ1v) is 8.67. The number of anilines is 1. The molecule has 0 saturated carbocycles. The summed E-state index contributed by atoms with van der Waals surface area (Å²) in [4.78, 5) is 0. The minimum absolute atomic E-state index is 0.133. The van der Waals surface area contributed by atoms with Crippen molar-refractivity contribution in [1.82, 2.24) is 5.32 Å². The lowest BCUT2D eigenvalue weighted by atomic mass is 9.89. The molecule has 1 aliphatic rings. The van der Waals surface area contributed by atoms with Crippen LogP contribution in [0.1, 0.15) is 43.0 Å². The van der Waals surface area contributed by atoms with Gasteiger partial charge in [0.1, 0.15) is 11.4 Å². The van der Waals surface area contributed by atoms with E-state index in [2.05, 4.69) is 68.7 Å². The van der Waals surface area contributed by atoms with Crippen LogP contribution >= 0.6 is 12.2 Å². The van der Waals surface area contributed by atoms with Crippen molar-refractivity contribution in [3.8, 4) is 5.75 Å². The van der Waals surface area contributed by atoms with Crippen LogP contribution < -0.4 is 15.4 Å². The molecule has 1 atom stereocenters. The van der Waals surface area contributed by atoms with Crippen LogP contribution in [0.3, 0.4) is 0 Å². The van der Waals surface area contributed by atoms with E-state index in [1.807, 2.05) is 12.1 Å². The molecular weight excluding hydrogens is 316 g/mol. The summed E-state index contributed by atoms with van der Waals surface area (Å²) in [6.45, 7) is 8.38. The molecule has 3 rings (SSSR count). The first kappa shape index (κ1) is 16.8. The van der Waals surface area contributed by atoms with Gasteiger partial charge in [-0.2, -0.15) is 0 Å². The molecule has 4 heteroatoms. The minimum Gasteiger partial charge on any atom is -0.487 e. The van der Waals surface area contributed by atoms with E-state index in [0.29, 0.717) is 5.11 Å². The SMILES string of the molecule is Cc1cccc(NC(=S)N[C@@H]2CC(C)(C)Oc3cc(C)ccc32)c1. The van der Waals surface area contributed by atoms with E-state index >= 15 is 0 Å². The van der Waals surface area contributed by atoms with Crippen molar-refractivity contribution in [2.24, 2.45) is 0 Å². The third kappa shape index (κ3) is 3.88. The fourth-order valence-electron chi connectivity index (χ4n) is 3.14. The van der Waals surface area contributed by atoms with Crippen LogP contribution in [0.2, 0.25) is 0 Å². The average molecular weight is 340 g/mol. The van der Waals surface area contributed by atoms with Crippen molar-refractivity contribution < 1.29 is 4.74 Å². The molecule has 24 heavy (non-hydrogen) atoms. The second kappa shape index (κ2) is 6.44. The highest BCUT2D eigenvalue weighted by Crippen LogP contribution is 2.39. The Morgan fingerprint density at radius 2 is 1.88 bits per heavy atom. The van der Waals surface area contributed by atoms with Crippen molar-refractivity contribution in [2.75, 3.05) is 5.32 Å². The smallest absolute Gasteiger partial charge is 0.171 e. The number of benzene rings is 2. The van der Waals surface area contributed by atoms with Gasteiger partial charge in [0, 0.05) is 17.7 Å². The molecular formula is C20H24N2OS. The number of hydrogen-bond acceptors (Lipinski definition) is 2. The van der Waals surface area contributed by atoms with E-state index in [1.54, 1.807) is 0 Å². The van der Waals surface area contributed by atoms with Crippen LogP contribution in [-0.2, 0) is 0 Å². The Balaban J connectivity index is 1.78. The van der Waals surface area contributed by atoms with E-state index in [9.17, 15) is 0 Å². The van der Waals surface area contributed by atoms with Gasteiger partial charge in [-0.3, -0.25) is 0 Å². The van der Waals surface area contributed by atoms with Crippen molar-refractivity contribution in [3.63, 3.8) is 0 Å². The molecule has 0 aromatic heterocycles. The van der Waals surface area contributed by atoms with Crippen molar-refractivity contribution >= 4 is 23.0 Å². The molecule has 0 aliphatic carbocycles. The summed E-state index contributed by atoms with van der Waals surface area (Å²) in [5, 5.41) is 7.37. The zero-order valence-corrected chi connectivity index (χ0v) is 15.5. The number of aryl methyl sites for hydroxylation is 2. The van der Waals surface area contributed by atoms with Gasteiger partial charge in [0.25, 0.3) is 0 Å². The second-order valence-corrected chi connectivity index (χ2v) is 7.54. The summed E-state index contributed by atoms with van der Waals surface area (Å²) < 4.78 is 6.14. The number of nitrogens with one attached hydrogen (secondary N) is 2. The van der Waals surface area contributed by atoms with Crippen LogP contribution in [0.15, 0.2) is 42.5 Å². The first-order chi connectivity index (χ1) is 11.3. The molecule has 0 saturated heterocycles. The predicted molar refractivity (Wildman–Crippen MR) is 104 cm³/mol. The molecule has 0 bridgehead atoms. The molecule has 1 aliphatic heterocycles. The largest absolute Gasteiger partial charge is 0.487 e. The number of rotatable bonds is 2. The lowest BCUT2D eigenvalue weighted by Crippen LogP contribution is -2.42. The van der Waals surface area contributed by atoms with Crippen LogP contribution in [0.5, 0.6) is 5.75 Å². The molecule has 0 amide bonds. The Morgan fingerprint density at radius 3 is 2.62 bits per heavy atom. The summed E-state index contributed by atoms with van der Waals surface area (Å²) >= 11 is 5.53. The van der Waals surface area contributed by atoms with Gasteiger partial charge in [-0.25, -0.2) is 0 Å². The number of thiocarbonyl (C=S) groups is 1. The lowest BCUT2D eigenvalue weighted by molar-refractivity contribution is 0.0696. The third-order valence-electron chi connectivity index (χ3n) is 4.21. The van der Waals surface area contributed by atoms with Crippen molar-refractivity contribution in [1.29, 1.82) is 0 Å². The molecule has 2 aromatic carbocycles. The summed E-state index contributed by atoms with van der Waals surface area (Å²) in [7, 11) is 0. The quantitative estimate of drug-likeness (QED) is 0.763. The fourth-order valence-corrected chi connectivity index (χ4v) is 3.40. The molecule has 0 fully saturated rings. The van der Waals surface area contributed by atoms with Crippen LogP contribution in [0, 0.1) is 13.8 Å². The summed E-state index contributed by atoms with van der Waals surface area (Å²) in [6, 6.07) is 14.7. The average Bonchev–Trinajstić information content (AvgIpc) is 2.45. The zero-order chi connectivity index (χ0) is 17.3. The Labute approximate surface area is 149 Å². The van der Waals surface area contributed by atoms with Gasteiger partial charge in [-0.15, -0.1) is 0 Å². The maximum absolute atomic E-state index is 6.14. The van der Waals surface area contributed by atoms with Crippen LogP contribution in [0.25, 0.3) is 0 Å². The van der Waals surface area contributed by atoms with E-state index in [4.69, 9.17) is 17.0 Å². The Morgan fingerprint density at radius 1 is 1.12 bits per heavy atom. The van der Waals surface area contributed by atoms with Gasteiger partial charge in [-0.1, -0.05) is 24.3 Å². The second-order valence-electron chi connectivity index (χ2n) is 7.13. The minimum atomic E-state index is -0.225. The molecule has 2 N–H and O–H groups in total. The highest BCUT2D eigenvalue weighted by Gasteiger charge is 2.34. The molecule has 2 aromatic rings. The maximum Gasteiger partial charge on any atom is 0.171 e. The monoisotopic (exact) mass is 340 g/mol. The Bertz CT molecular complexity index is 770. The van der Waals surface area contributed by atoms with E-state index in [-0.39, 0.29) is 11.6 Å².